The van der Waals surface area contributed by atoms with Crippen LogP contribution >= 0.6 is 0 Å². The van der Waals surface area contributed by atoms with Crippen molar-refractivity contribution in [3.05, 3.63) is 113 Å². The van der Waals surface area contributed by atoms with Crippen LogP contribution in [0.4, 0.5) is 0 Å². The Labute approximate surface area is 415 Å². The van der Waals surface area contributed by atoms with Gasteiger partial charge in [0, 0.05) is 5.56 Å². The SMILES string of the molecule is CCCCCCCCOC(=O)c1ccc(-c2ccc(C(=O)OCCCCCCCC)c(O)c2C(=O)OCCCCCCCC)cc1C(=O)OCCCCCCCC.c1ccc(-c2ccccc2)cc1. The molecule has 378 valence electrons. The van der Waals surface area contributed by atoms with E-state index in [-0.39, 0.29) is 54.2 Å². The number of hydrogen-bond donors (Lipinski definition) is 1. The second-order valence-electron chi connectivity index (χ2n) is 18.0. The van der Waals surface area contributed by atoms with E-state index in [1.807, 2.05) is 12.1 Å². The van der Waals surface area contributed by atoms with E-state index in [0.29, 0.717) is 24.8 Å². The monoisotopic (exact) mass is 949 g/mol. The molecule has 0 saturated carbocycles. The van der Waals surface area contributed by atoms with Crippen molar-refractivity contribution in [2.45, 2.75) is 182 Å². The van der Waals surface area contributed by atoms with Crippen molar-refractivity contribution in [2.24, 2.45) is 0 Å². The molecule has 0 spiro atoms. The molecule has 0 saturated heterocycles. The zero-order chi connectivity index (χ0) is 49.7. The van der Waals surface area contributed by atoms with Crippen LogP contribution in [-0.2, 0) is 18.9 Å². The van der Waals surface area contributed by atoms with Crippen molar-refractivity contribution in [3.8, 4) is 28.0 Å². The molecule has 69 heavy (non-hydrogen) atoms. The number of carbonyl (C=O) groups excluding carboxylic acids is 4. The van der Waals surface area contributed by atoms with Crippen LogP contribution in [0.2, 0.25) is 0 Å². The van der Waals surface area contributed by atoms with Gasteiger partial charge in [0.15, 0.2) is 0 Å². The summed E-state index contributed by atoms with van der Waals surface area (Å²) in [6.45, 7) is 9.43. The van der Waals surface area contributed by atoms with Gasteiger partial charge in [0.1, 0.15) is 16.9 Å². The lowest BCUT2D eigenvalue weighted by Crippen LogP contribution is -2.16. The molecule has 4 rings (SSSR count). The maximum Gasteiger partial charge on any atom is 0.342 e. The van der Waals surface area contributed by atoms with Crippen molar-refractivity contribution < 1.29 is 43.2 Å². The van der Waals surface area contributed by atoms with E-state index < -0.39 is 29.6 Å². The summed E-state index contributed by atoms with van der Waals surface area (Å²) >= 11 is 0. The quantitative estimate of drug-likeness (QED) is 0.0277. The Morgan fingerprint density at radius 2 is 0.681 bits per heavy atom. The zero-order valence-corrected chi connectivity index (χ0v) is 42.7. The minimum atomic E-state index is -0.795. The first-order valence-corrected chi connectivity index (χ1v) is 26.6. The number of ether oxygens (including phenoxy) is 4. The zero-order valence-electron chi connectivity index (χ0n) is 42.7. The molecule has 0 bridgehead atoms. The van der Waals surface area contributed by atoms with Crippen LogP contribution in [0.3, 0.4) is 0 Å². The van der Waals surface area contributed by atoms with E-state index in [2.05, 4.69) is 76.2 Å². The summed E-state index contributed by atoms with van der Waals surface area (Å²) in [4.78, 5) is 54.0. The first kappa shape index (κ1) is 57.9. The van der Waals surface area contributed by atoms with Gasteiger partial charge in [0.05, 0.1) is 37.6 Å². The minimum absolute atomic E-state index is 0.000242. The molecule has 0 fully saturated rings. The molecule has 4 aromatic carbocycles. The van der Waals surface area contributed by atoms with E-state index in [1.165, 1.54) is 48.6 Å². The molecular weight excluding hydrogens is 865 g/mol. The van der Waals surface area contributed by atoms with Gasteiger partial charge < -0.3 is 24.1 Å². The van der Waals surface area contributed by atoms with E-state index in [9.17, 15) is 24.3 Å². The molecular formula is C60H84O9. The standard InChI is InChI=1S/C48H74O9.C12H10/c1-5-9-13-17-21-25-33-54-45(50)40-30-29-38(37-42(40)47(52)56-35-27-23-19-15-11-7-3)39-31-32-41(46(51)55-34-26-22-18-14-10-6-2)44(49)43(39)48(53)57-36-28-24-20-16-12-8-4;1-3-7-11(8-4-1)12-9-5-2-6-10-12/h29-32,37,49H,5-28,33-36H2,1-4H3;1-10H. The predicted octanol–water partition coefficient (Wildman–Crippen LogP) is 16.5. The van der Waals surface area contributed by atoms with Gasteiger partial charge in [-0.05, 0) is 60.6 Å². The summed E-state index contributed by atoms with van der Waals surface area (Å²) in [6, 6.07) is 28.3. The molecule has 0 aliphatic rings. The summed E-state index contributed by atoms with van der Waals surface area (Å²) in [5, 5.41) is 11.5. The number of hydrogen-bond acceptors (Lipinski definition) is 9. The van der Waals surface area contributed by atoms with Crippen LogP contribution in [-0.4, -0.2) is 55.4 Å². The number of phenolic OH excluding ortho intramolecular Hbond substituents is 1. The first-order valence-electron chi connectivity index (χ1n) is 26.6. The van der Waals surface area contributed by atoms with Gasteiger partial charge in [0.25, 0.3) is 0 Å². The lowest BCUT2D eigenvalue weighted by Gasteiger charge is -2.16. The van der Waals surface area contributed by atoms with Gasteiger partial charge in [0.2, 0.25) is 0 Å². The first-order chi connectivity index (χ1) is 33.8. The van der Waals surface area contributed by atoms with Crippen molar-refractivity contribution in [2.75, 3.05) is 26.4 Å². The smallest absolute Gasteiger partial charge is 0.342 e. The normalized spacial score (nSPS) is 10.8. The maximum absolute atomic E-state index is 13.7. The fraction of sp³-hybridized carbons (Fsp3) is 0.533. The van der Waals surface area contributed by atoms with Crippen LogP contribution in [0.15, 0.2) is 91.0 Å². The average molecular weight is 949 g/mol. The molecule has 0 radical (unpaired) electrons. The molecule has 0 aliphatic carbocycles. The van der Waals surface area contributed by atoms with E-state index >= 15 is 0 Å². The summed E-state index contributed by atoms with van der Waals surface area (Å²) < 4.78 is 22.5. The molecule has 9 heteroatoms. The number of carbonyl (C=O) groups is 4. The van der Waals surface area contributed by atoms with Crippen molar-refractivity contribution >= 4 is 23.9 Å². The lowest BCUT2D eigenvalue weighted by molar-refractivity contribution is 0.0450. The van der Waals surface area contributed by atoms with Gasteiger partial charge in [-0.2, -0.15) is 0 Å². The Kier molecular flexibility index (Phi) is 30.6. The second-order valence-corrected chi connectivity index (χ2v) is 18.0. The van der Waals surface area contributed by atoms with E-state index in [4.69, 9.17) is 18.9 Å². The summed E-state index contributed by atoms with van der Waals surface area (Å²) in [6.07, 6.45) is 24.5. The fourth-order valence-electron chi connectivity index (χ4n) is 8.02. The number of aromatic hydroxyl groups is 1. The van der Waals surface area contributed by atoms with Crippen LogP contribution in [0.1, 0.15) is 223 Å². The molecule has 0 atom stereocenters. The Bertz CT molecular complexity index is 1990. The Hall–Kier alpha value is -5.44. The molecule has 0 amide bonds. The average Bonchev–Trinajstić information content (AvgIpc) is 3.37. The summed E-state index contributed by atoms with van der Waals surface area (Å²) in [5.74, 6) is -3.39. The number of phenols is 1. The number of rotatable bonds is 34. The number of benzene rings is 4. The third-order valence-corrected chi connectivity index (χ3v) is 12.2. The van der Waals surface area contributed by atoms with Crippen LogP contribution in [0.25, 0.3) is 22.3 Å². The van der Waals surface area contributed by atoms with Gasteiger partial charge in [-0.1, -0.05) is 229 Å². The van der Waals surface area contributed by atoms with Crippen molar-refractivity contribution in [1.29, 1.82) is 0 Å². The number of esters is 4. The van der Waals surface area contributed by atoms with E-state index in [0.717, 1.165) is 116 Å². The third-order valence-electron chi connectivity index (χ3n) is 12.2. The Balaban J connectivity index is 0.000000898. The molecule has 0 heterocycles. The van der Waals surface area contributed by atoms with Crippen LogP contribution in [0.5, 0.6) is 5.75 Å². The van der Waals surface area contributed by atoms with E-state index in [1.54, 1.807) is 12.1 Å². The highest BCUT2D eigenvalue weighted by atomic mass is 16.5. The van der Waals surface area contributed by atoms with Gasteiger partial charge in [-0.25, -0.2) is 19.2 Å². The lowest BCUT2D eigenvalue weighted by atomic mass is 9.93. The fourth-order valence-corrected chi connectivity index (χ4v) is 8.02. The van der Waals surface area contributed by atoms with Gasteiger partial charge in [-0.15, -0.1) is 0 Å². The van der Waals surface area contributed by atoms with Gasteiger partial charge in [-0.3, -0.25) is 0 Å². The summed E-state index contributed by atoms with van der Waals surface area (Å²) in [7, 11) is 0. The highest BCUT2D eigenvalue weighted by Gasteiger charge is 2.28. The van der Waals surface area contributed by atoms with Crippen LogP contribution < -0.4 is 0 Å². The van der Waals surface area contributed by atoms with Gasteiger partial charge >= 0.3 is 23.9 Å². The van der Waals surface area contributed by atoms with Crippen molar-refractivity contribution in [3.63, 3.8) is 0 Å². The molecule has 4 aromatic rings. The van der Waals surface area contributed by atoms with Crippen LogP contribution in [0, 0.1) is 0 Å². The predicted molar refractivity (Wildman–Crippen MR) is 280 cm³/mol. The Morgan fingerprint density at radius 3 is 1.09 bits per heavy atom. The summed E-state index contributed by atoms with van der Waals surface area (Å²) in [5.41, 5.74) is 2.86. The molecule has 0 aliphatic heterocycles. The maximum atomic E-state index is 13.7. The minimum Gasteiger partial charge on any atom is -0.506 e. The Morgan fingerprint density at radius 1 is 0.348 bits per heavy atom. The largest absolute Gasteiger partial charge is 0.506 e. The second kappa shape index (κ2) is 36.5. The highest BCUT2D eigenvalue weighted by Crippen LogP contribution is 2.36. The van der Waals surface area contributed by atoms with Crippen molar-refractivity contribution in [1.82, 2.24) is 0 Å². The third kappa shape index (κ3) is 22.7. The molecule has 1 N–H and O–H groups in total. The molecule has 0 aromatic heterocycles. The molecule has 9 nitrogen and oxygen atoms in total. The molecule has 0 unspecified atom stereocenters. The number of unbranched alkanes of at least 4 members (excludes halogenated alkanes) is 20. The topological polar surface area (TPSA) is 125 Å². The highest BCUT2D eigenvalue weighted by molar-refractivity contribution is 6.07.